The molecule has 2 N–H and O–H groups in total. The first kappa shape index (κ1) is 20.6. The van der Waals surface area contributed by atoms with Gasteiger partial charge in [-0.1, -0.05) is 40.2 Å². The second-order valence-electron chi connectivity index (χ2n) is 5.80. The highest BCUT2D eigenvalue weighted by atomic mass is 79.9. The van der Waals surface area contributed by atoms with E-state index in [2.05, 4.69) is 33.1 Å². The van der Waals surface area contributed by atoms with E-state index in [4.69, 9.17) is 0 Å². The summed E-state index contributed by atoms with van der Waals surface area (Å²) < 4.78 is 14.7. The molecule has 0 saturated heterocycles. The molecule has 2 aromatic carbocycles. The molecule has 0 fully saturated rings. The van der Waals surface area contributed by atoms with Crippen molar-refractivity contribution < 1.29 is 14.0 Å². The van der Waals surface area contributed by atoms with Crippen LogP contribution in [0, 0.1) is 5.82 Å². The van der Waals surface area contributed by atoms with E-state index >= 15 is 0 Å². The highest BCUT2D eigenvalue weighted by Gasteiger charge is 2.15. The van der Waals surface area contributed by atoms with Crippen LogP contribution >= 0.6 is 15.9 Å². The van der Waals surface area contributed by atoms with E-state index in [1.165, 1.54) is 11.0 Å². The number of amides is 3. The van der Waals surface area contributed by atoms with E-state index < -0.39 is 0 Å². The SMILES string of the molecule is C=CCN(Cc1cc(Br)ccc1F)C(=O)CCNC(=O)Nc1ccccc1. The van der Waals surface area contributed by atoms with Crippen molar-refractivity contribution >= 4 is 33.6 Å². The van der Waals surface area contributed by atoms with Gasteiger partial charge in [0.1, 0.15) is 5.82 Å². The average molecular weight is 434 g/mol. The molecule has 0 unspecified atom stereocenters. The van der Waals surface area contributed by atoms with Crippen molar-refractivity contribution in [2.45, 2.75) is 13.0 Å². The van der Waals surface area contributed by atoms with Crippen LogP contribution in [-0.4, -0.2) is 29.9 Å². The molecule has 5 nitrogen and oxygen atoms in total. The summed E-state index contributed by atoms with van der Waals surface area (Å²) >= 11 is 3.30. The smallest absolute Gasteiger partial charge is 0.319 e. The molecule has 0 saturated carbocycles. The number of carbonyl (C=O) groups is 2. The molecule has 0 radical (unpaired) electrons. The number of benzene rings is 2. The number of halogens is 2. The Morgan fingerprint density at radius 3 is 2.63 bits per heavy atom. The molecule has 0 aromatic heterocycles. The zero-order chi connectivity index (χ0) is 19.6. The van der Waals surface area contributed by atoms with Gasteiger partial charge in [0.05, 0.1) is 0 Å². The molecule has 0 spiro atoms. The normalized spacial score (nSPS) is 10.1. The largest absolute Gasteiger partial charge is 0.337 e. The second kappa shape index (κ2) is 10.5. The van der Waals surface area contributed by atoms with Crippen molar-refractivity contribution in [2.24, 2.45) is 0 Å². The minimum absolute atomic E-state index is 0.103. The molecule has 142 valence electrons. The summed E-state index contributed by atoms with van der Waals surface area (Å²) in [4.78, 5) is 25.8. The second-order valence-corrected chi connectivity index (χ2v) is 6.71. The van der Waals surface area contributed by atoms with E-state index in [0.717, 1.165) is 4.47 Å². The number of urea groups is 1. The minimum Gasteiger partial charge on any atom is -0.337 e. The summed E-state index contributed by atoms with van der Waals surface area (Å²) in [5, 5.41) is 5.32. The van der Waals surface area contributed by atoms with Crippen molar-refractivity contribution in [3.8, 4) is 0 Å². The van der Waals surface area contributed by atoms with Gasteiger partial charge in [-0.05, 0) is 30.3 Å². The van der Waals surface area contributed by atoms with Gasteiger partial charge < -0.3 is 15.5 Å². The van der Waals surface area contributed by atoms with Crippen molar-refractivity contribution in [1.82, 2.24) is 10.2 Å². The lowest BCUT2D eigenvalue weighted by atomic mass is 10.2. The summed E-state index contributed by atoms with van der Waals surface area (Å²) in [6, 6.07) is 13.2. The molecule has 2 aromatic rings. The Kier molecular flexibility index (Phi) is 8.00. The first-order valence-corrected chi connectivity index (χ1v) is 9.21. The van der Waals surface area contributed by atoms with Crippen LogP contribution in [0.1, 0.15) is 12.0 Å². The Morgan fingerprint density at radius 2 is 1.93 bits per heavy atom. The maximum atomic E-state index is 13.9. The molecule has 7 heteroatoms. The van der Waals surface area contributed by atoms with E-state index in [9.17, 15) is 14.0 Å². The first-order chi connectivity index (χ1) is 13.0. The van der Waals surface area contributed by atoms with Crippen LogP contribution in [0.3, 0.4) is 0 Å². The number of anilines is 1. The van der Waals surface area contributed by atoms with Gasteiger partial charge in [-0.25, -0.2) is 9.18 Å². The maximum absolute atomic E-state index is 13.9. The van der Waals surface area contributed by atoms with Crippen LogP contribution < -0.4 is 10.6 Å². The van der Waals surface area contributed by atoms with Crippen molar-refractivity contribution in [3.63, 3.8) is 0 Å². The maximum Gasteiger partial charge on any atom is 0.319 e. The van der Waals surface area contributed by atoms with Gasteiger partial charge >= 0.3 is 6.03 Å². The Balaban J connectivity index is 1.86. The average Bonchev–Trinajstić information content (AvgIpc) is 2.65. The minimum atomic E-state index is -0.387. The third-order valence-corrected chi connectivity index (χ3v) is 4.22. The van der Waals surface area contributed by atoms with E-state index in [-0.39, 0.29) is 37.3 Å². The quantitative estimate of drug-likeness (QED) is 0.609. The molecule has 3 amide bonds. The van der Waals surface area contributed by atoms with Gasteiger partial charge in [0.15, 0.2) is 0 Å². The van der Waals surface area contributed by atoms with Crippen LogP contribution in [0.5, 0.6) is 0 Å². The van der Waals surface area contributed by atoms with Crippen LogP contribution in [0.4, 0.5) is 14.9 Å². The zero-order valence-electron chi connectivity index (χ0n) is 14.8. The summed E-state index contributed by atoms with van der Waals surface area (Å²) in [7, 11) is 0. The van der Waals surface area contributed by atoms with Crippen molar-refractivity contribution in [3.05, 3.63) is 77.0 Å². The topological polar surface area (TPSA) is 61.4 Å². The van der Waals surface area contributed by atoms with E-state index in [1.807, 2.05) is 18.2 Å². The van der Waals surface area contributed by atoms with E-state index in [0.29, 0.717) is 17.8 Å². The zero-order valence-corrected chi connectivity index (χ0v) is 16.3. The number of hydrogen-bond donors (Lipinski definition) is 2. The van der Waals surface area contributed by atoms with Crippen LogP contribution in [0.15, 0.2) is 65.7 Å². The molecule has 0 heterocycles. The van der Waals surface area contributed by atoms with Gasteiger partial charge in [-0.3, -0.25) is 4.79 Å². The first-order valence-electron chi connectivity index (χ1n) is 8.42. The van der Waals surface area contributed by atoms with Crippen LogP contribution in [0.25, 0.3) is 0 Å². The monoisotopic (exact) mass is 433 g/mol. The summed E-state index contributed by atoms with van der Waals surface area (Å²) in [6.07, 6.45) is 1.69. The lowest BCUT2D eigenvalue weighted by Gasteiger charge is -2.22. The molecular weight excluding hydrogens is 413 g/mol. The Labute approximate surface area is 166 Å². The molecule has 27 heavy (non-hydrogen) atoms. The van der Waals surface area contributed by atoms with Crippen molar-refractivity contribution in [1.29, 1.82) is 0 Å². The third-order valence-electron chi connectivity index (χ3n) is 3.73. The summed E-state index contributed by atoms with van der Waals surface area (Å²) in [5.74, 6) is -0.574. The number of rotatable bonds is 8. The number of nitrogens with zero attached hydrogens (tertiary/aromatic N) is 1. The molecule has 2 rings (SSSR count). The Hall–Kier alpha value is -2.67. The summed E-state index contributed by atoms with van der Waals surface area (Å²) in [5.41, 5.74) is 1.08. The molecule has 0 atom stereocenters. The fourth-order valence-electron chi connectivity index (χ4n) is 2.42. The molecule has 0 bridgehead atoms. The van der Waals surface area contributed by atoms with Crippen LogP contribution in [-0.2, 0) is 11.3 Å². The fraction of sp³-hybridized carbons (Fsp3) is 0.200. The van der Waals surface area contributed by atoms with Gasteiger partial charge in [0.25, 0.3) is 0 Å². The van der Waals surface area contributed by atoms with Crippen LogP contribution in [0.2, 0.25) is 0 Å². The number of carbonyl (C=O) groups excluding carboxylic acids is 2. The fourth-order valence-corrected chi connectivity index (χ4v) is 2.83. The Morgan fingerprint density at radius 1 is 1.19 bits per heavy atom. The molecule has 0 aliphatic rings. The molecular formula is C20H21BrFN3O2. The molecule has 0 aliphatic heterocycles. The summed E-state index contributed by atoms with van der Waals surface area (Å²) in [6.45, 7) is 4.24. The lowest BCUT2D eigenvalue weighted by molar-refractivity contribution is -0.131. The standard InChI is InChI=1S/C20H21BrFN3O2/c1-2-12-25(14-15-13-16(21)8-9-18(15)22)19(26)10-11-23-20(27)24-17-6-4-3-5-7-17/h2-9,13H,1,10-12,14H2,(H2,23,24,27). The van der Waals surface area contributed by atoms with Gasteiger partial charge in [0.2, 0.25) is 5.91 Å². The van der Waals surface area contributed by atoms with Crippen molar-refractivity contribution in [2.75, 3.05) is 18.4 Å². The highest BCUT2D eigenvalue weighted by Crippen LogP contribution is 2.17. The number of nitrogens with one attached hydrogen (secondary N) is 2. The third kappa shape index (κ3) is 6.86. The number of para-hydroxylation sites is 1. The van der Waals surface area contributed by atoms with Gasteiger partial charge in [-0.15, -0.1) is 6.58 Å². The Bertz CT molecular complexity index is 799. The highest BCUT2D eigenvalue weighted by molar-refractivity contribution is 9.10. The lowest BCUT2D eigenvalue weighted by Crippen LogP contribution is -2.36. The predicted molar refractivity (Wildman–Crippen MR) is 108 cm³/mol. The van der Waals surface area contributed by atoms with Gasteiger partial charge in [-0.2, -0.15) is 0 Å². The molecule has 0 aliphatic carbocycles. The van der Waals surface area contributed by atoms with Gasteiger partial charge in [0, 0.05) is 41.8 Å². The predicted octanol–water partition coefficient (Wildman–Crippen LogP) is 4.31. The number of hydrogen-bond acceptors (Lipinski definition) is 2. The van der Waals surface area contributed by atoms with E-state index in [1.54, 1.807) is 30.3 Å².